The summed E-state index contributed by atoms with van der Waals surface area (Å²) in [5.41, 5.74) is 0.0139. The first kappa shape index (κ1) is 9.40. The molecule has 1 aliphatic rings. The van der Waals surface area contributed by atoms with Crippen LogP contribution in [0.3, 0.4) is 0 Å². The molecule has 0 amide bonds. The molecule has 2 nitrogen and oxygen atoms in total. The summed E-state index contributed by atoms with van der Waals surface area (Å²) in [6.45, 7) is 2.40. The highest BCUT2D eigenvalue weighted by Gasteiger charge is 2.23. The maximum atomic E-state index is 13.0. The summed E-state index contributed by atoms with van der Waals surface area (Å²) in [6, 6.07) is 2.36. The molecule has 0 spiro atoms. The summed E-state index contributed by atoms with van der Waals surface area (Å²) in [5, 5.41) is 0. The molecule has 1 aliphatic heterocycles. The highest BCUT2D eigenvalue weighted by molar-refractivity contribution is 5.29. The molecular weight excluding hydrogens is 190 g/mol. The third-order valence-electron chi connectivity index (χ3n) is 2.09. The first-order valence-electron chi connectivity index (χ1n) is 4.37. The molecule has 0 saturated carbocycles. The van der Waals surface area contributed by atoms with Crippen molar-refractivity contribution in [2.75, 3.05) is 13.2 Å². The zero-order valence-corrected chi connectivity index (χ0v) is 7.72. The Labute approximate surface area is 80.4 Å². The van der Waals surface area contributed by atoms with Crippen LogP contribution >= 0.6 is 0 Å². The van der Waals surface area contributed by atoms with Crippen LogP contribution < -0.4 is 4.74 Å². The van der Waals surface area contributed by atoms with Gasteiger partial charge < -0.3 is 9.47 Å². The summed E-state index contributed by atoms with van der Waals surface area (Å²) < 4.78 is 36.1. The van der Waals surface area contributed by atoms with Crippen LogP contribution in [0.1, 0.15) is 5.56 Å². The summed E-state index contributed by atoms with van der Waals surface area (Å²) >= 11 is 0. The Bertz CT molecular complexity index is 325. The predicted octanol–water partition coefficient (Wildman–Crippen LogP) is 2.05. The number of halogens is 2. The van der Waals surface area contributed by atoms with Crippen LogP contribution in [0.15, 0.2) is 12.1 Å². The average molecular weight is 200 g/mol. The fraction of sp³-hybridized carbons (Fsp3) is 0.400. The van der Waals surface area contributed by atoms with Gasteiger partial charge in [0.2, 0.25) is 0 Å². The minimum absolute atomic E-state index is 0.0139. The number of hydrogen-bond acceptors (Lipinski definition) is 2. The van der Waals surface area contributed by atoms with E-state index in [1.807, 2.05) is 0 Å². The van der Waals surface area contributed by atoms with Gasteiger partial charge in [0.1, 0.15) is 30.1 Å². The largest absolute Gasteiger partial charge is 0.491 e. The second-order valence-electron chi connectivity index (χ2n) is 3.28. The van der Waals surface area contributed by atoms with E-state index in [9.17, 15) is 8.78 Å². The minimum atomic E-state index is -0.586. The fourth-order valence-electron chi connectivity index (χ4n) is 1.06. The van der Waals surface area contributed by atoms with Crippen LogP contribution in [0.25, 0.3) is 0 Å². The maximum Gasteiger partial charge on any atom is 0.132 e. The first-order chi connectivity index (χ1) is 6.66. The Morgan fingerprint density at radius 1 is 1.43 bits per heavy atom. The molecule has 0 radical (unpaired) electrons. The summed E-state index contributed by atoms with van der Waals surface area (Å²) in [6.07, 6.45) is 0.0856. The van der Waals surface area contributed by atoms with Gasteiger partial charge in [-0.15, -0.1) is 0 Å². The normalized spacial score (nSPS) is 19.5. The second kappa shape index (κ2) is 3.53. The van der Waals surface area contributed by atoms with Gasteiger partial charge in [0.05, 0.1) is 6.61 Å². The van der Waals surface area contributed by atoms with Crippen molar-refractivity contribution in [1.82, 2.24) is 0 Å². The number of ether oxygens (including phenoxy) is 2. The van der Waals surface area contributed by atoms with E-state index in [2.05, 4.69) is 0 Å². The standard InChI is InChI=1S/C10H10F2O2/c1-6-9(11)2-7(3-10(6)12)13-4-8-5-14-8/h2-3,8H,4-5H2,1H3. The molecule has 1 unspecified atom stereocenters. The second-order valence-corrected chi connectivity index (χ2v) is 3.28. The molecule has 1 atom stereocenters. The van der Waals surface area contributed by atoms with Gasteiger partial charge in [-0.1, -0.05) is 0 Å². The number of epoxide rings is 1. The van der Waals surface area contributed by atoms with Crippen molar-refractivity contribution in [3.8, 4) is 5.75 Å². The third kappa shape index (κ3) is 2.01. The van der Waals surface area contributed by atoms with Crippen LogP contribution in [0, 0.1) is 18.6 Å². The molecule has 1 fully saturated rings. The summed E-state index contributed by atoms with van der Waals surface area (Å²) in [4.78, 5) is 0. The smallest absolute Gasteiger partial charge is 0.132 e. The van der Waals surface area contributed by atoms with Gasteiger partial charge >= 0.3 is 0 Å². The lowest BCUT2D eigenvalue weighted by atomic mass is 10.2. The van der Waals surface area contributed by atoms with Gasteiger partial charge in [0, 0.05) is 17.7 Å². The summed E-state index contributed by atoms with van der Waals surface area (Å²) in [7, 11) is 0. The van der Waals surface area contributed by atoms with Gasteiger partial charge in [-0.05, 0) is 6.92 Å². The van der Waals surface area contributed by atoms with Gasteiger partial charge in [0.25, 0.3) is 0 Å². The van der Waals surface area contributed by atoms with E-state index in [4.69, 9.17) is 9.47 Å². The van der Waals surface area contributed by atoms with Gasteiger partial charge in [-0.2, -0.15) is 0 Å². The topological polar surface area (TPSA) is 21.8 Å². The summed E-state index contributed by atoms with van der Waals surface area (Å²) in [5.74, 6) is -0.963. The maximum absolute atomic E-state index is 13.0. The van der Waals surface area contributed by atoms with Crippen molar-refractivity contribution in [3.63, 3.8) is 0 Å². The minimum Gasteiger partial charge on any atom is -0.491 e. The molecule has 1 heterocycles. The number of rotatable bonds is 3. The molecule has 76 valence electrons. The molecule has 0 bridgehead atoms. The van der Waals surface area contributed by atoms with Crippen molar-refractivity contribution in [1.29, 1.82) is 0 Å². The highest BCUT2D eigenvalue weighted by Crippen LogP contribution is 2.21. The zero-order chi connectivity index (χ0) is 10.1. The fourth-order valence-corrected chi connectivity index (χ4v) is 1.06. The quantitative estimate of drug-likeness (QED) is 0.696. The Hall–Kier alpha value is -1.16. The van der Waals surface area contributed by atoms with Crippen molar-refractivity contribution in [3.05, 3.63) is 29.3 Å². The zero-order valence-electron chi connectivity index (χ0n) is 7.72. The van der Waals surface area contributed by atoms with E-state index in [-0.39, 0.29) is 17.4 Å². The lowest BCUT2D eigenvalue weighted by Gasteiger charge is -2.06. The molecule has 2 rings (SSSR count). The van der Waals surface area contributed by atoms with E-state index < -0.39 is 11.6 Å². The lowest BCUT2D eigenvalue weighted by molar-refractivity contribution is 0.261. The van der Waals surface area contributed by atoms with Crippen LogP contribution in [0.4, 0.5) is 8.78 Å². The van der Waals surface area contributed by atoms with Crippen molar-refractivity contribution >= 4 is 0 Å². The SMILES string of the molecule is Cc1c(F)cc(OCC2CO2)cc1F. The van der Waals surface area contributed by atoms with Crippen LogP contribution in [-0.2, 0) is 4.74 Å². The van der Waals surface area contributed by atoms with Gasteiger partial charge in [0.15, 0.2) is 0 Å². The predicted molar refractivity (Wildman–Crippen MR) is 46.3 cm³/mol. The van der Waals surface area contributed by atoms with Crippen molar-refractivity contribution < 1.29 is 18.3 Å². The Morgan fingerprint density at radius 3 is 2.50 bits per heavy atom. The Balaban J connectivity index is 2.08. The Kier molecular flexibility index (Phi) is 2.37. The van der Waals surface area contributed by atoms with E-state index >= 15 is 0 Å². The monoisotopic (exact) mass is 200 g/mol. The van der Waals surface area contributed by atoms with E-state index in [0.717, 1.165) is 0 Å². The van der Waals surface area contributed by atoms with Gasteiger partial charge in [-0.25, -0.2) is 8.78 Å². The molecule has 4 heteroatoms. The van der Waals surface area contributed by atoms with Crippen LogP contribution in [0.2, 0.25) is 0 Å². The first-order valence-corrected chi connectivity index (χ1v) is 4.37. The van der Waals surface area contributed by atoms with Crippen molar-refractivity contribution in [2.45, 2.75) is 13.0 Å². The lowest BCUT2D eigenvalue weighted by Crippen LogP contribution is -2.05. The van der Waals surface area contributed by atoms with E-state index in [1.165, 1.54) is 19.1 Å². The molecule has 14 heavy (non-hydrogen) atoms. The van der Waals surface area contributed by atoms with Gasteiger partial charge in [-0.3, -0.25) is 0 Å². The molecule has 1 saturated heterocycles. The molecule has 0 aromatic heterocycles. The molecule has 0 aliphatic carbocycles. The van der Waals surface area contributed by atoms with E-state index in [0.29, 0.717) is 13.2 Å². The molecule has 0 N–H and O–H groups in total. The number of benzene rings is 1. The highest BCUT2D eigenvalue weighted by atomic mass is 19.1. The molecule has 1 aromatic carbocycles. The third-order valence-corrected chi connectivity index (χ3v) is 2.09. The van der Waals surface area contributed by atoms with E-state index in [1.54, 1.807) is 0 Å². The average Bonchev–Trinajstić information content (AvgIpc) is 2.94. The van der Waals surface area contributed by atoms with Crippen molar-refractivity contribution in [2.24, 2.45) is 0 Å². The van der Waals surface area contributed by atoms with Crippen LogP contribution in [0.5, 0.6) is 5.75 Å². The molecule has 1 aromatic rings. The van der Waals surface area contributed by atoms with Crippen LogP contribution in [-0.4, -0.2) is 19.3 Å². The molecular formula is C10H10F2O2. The number of hydrogen-bond donors (Lipinski definition) is 0. The Morgan fingerprint density at radius 2 is 2.00 bits per heavy atom.